The summed E-state index contributed by atoms with van der Waals surface area (Å²) in [6.45, 7) is 5.85. The molecule has 1 aromatic carbocycles. The summed E-state index contributed by atoms with van der Waals surface area (Å²) in [5.74, 6) is 0.115. The predicted molar refractivity (Wildman–Crippen MR) is 63.0 cm³/mol. The number of alkyl halides is 1. The molecule has 0 fully saturated rings. The van der Waals surface area contributed by atoms with Gasteiger partial charge in [-0.15, -0.1) is 0 Å². The van der Waals surface area contributed by atoms with Crippen LogP contribution in [0, 0.1) is 0 Å². The molecule has 0 bridgehead atoms. The normalized spacial score (nSPS) is 14.9. The van der Waals surface area contributed by atoms with Gasteiger partial charge in [-0.1, -0.05) is 47.1 Å². The molecule has 0 spiro atoms. The Morgan fingerprint density at radius 3 is 2.21 bits per heavy atom. The second-order valence-corrected chi connectivity index (χ2v) is 5.43. The van der Waals surface area contributed by atoms with Gasteiger partial charge in [-0.2, -0.15) is 0 Å². The highest BCUT2D eigenvalue weighted by Gasteiger charge is 2.19. The van der Waals surface area contributed by atoms with Crippen LogP contribution in [0.1, 0.15) is 43.1 Å². The average molecular weight is 255 g/mol. The fourth-order valence-corrected chi connectivity index (χ4v) is 1.52. The molecule has 2 heteroatoms. The summed E-state index contributed by atoms with van der Waals surface area (Å²) >= 11 is 3.67. The molecule has 0 amide bonds. The van der Waals surface area contributed by atoms with E-state index in [9.17, 15) is 4.79 Å². The fraction of sp³-hybridized carbons (Fsp3) is 0.417. The lowest BCUT2D eigenvalue weighted by atomic mass is 9.97. The number of benzene rings is 1. The van der Waals surface area contributed by atoms with E-state index < -0.39 is 0 Å². The Hall–Kier alpha value is -0.630. The summed E-state index contributed by atoms with van der Waals surface area (Å²) in [6, 6.07) is 7.78. The molecule has 0 N–H and O–H groups in total. The molecular formula is C12H15BrO. The summed E-state index contributed by atoms with van der Waals surface area (Å²) in [6.07, 6.45) is 1.02. The summed E-state index contributed by atoms with van der Waals surface area (Å²) in [7, 11) is 0. The number of hydrogen-bond donors (Lipinski definition) is 0. The van der Waals surface area contributed by atoms with Crippen LogP contribution in [-0.2, 0) is 4.32 Å². The predicted octanol–water partition coefficient (Wildman–Crippen LogP) is 3.91. The van der Waals surface area contributed by atoms with Gasteiger partial charge in [0.05, 0.1) is 0 Å². The van der Waals surface area contributed by atoms with E-state index >= 15 is 0 Å². The highest BCUT2D eigenvalue weighted by atomic mass is 79.9. The number of halogens is 1. The smallest absolute Gasteiger partial charge is 0.159 e. The van der Waals surface area contributed by atoms with Crippen molar-refractivity contribution >= 4 is 21.7 Å². The standard InChI is InChI=1S/C12H15BrO/c1-4-12(3,13)11-7-5-10(6-8-11)9(2)14/h5-8H,4H2,1-3H3. The quantitative estimate of drug-likeness (QED) is 0.591. The first kappa shape index (κ1) is 11.4. The van der Waals surface area contributed by atoms with E-state index in [1.165, 1.54) is 5.56 Å². The van der Waals surface area contributed by atoms with Crippen molar-refractivity contribution in [3.05, 3.63) is 35.4 Å². The first-order valence-corrected chi connectivity index (χ1v) is 5.57. The monoisotopic (exact) mass is 254 g/mol. The van der Waals surface area contributed by atoms with E-state index in [1.807, 2.05) is 24.3 Å². The van der Waals surface area contributed by atoms with Gasteiger partial charge >= 0.3 is 0 Å². The average Bonchev–Trinajstić information content (AvgIpc) is 2.18. The molecule has 1 nitrogen and oxygen atoms in total. The molecule has 1 unspecified atom stereocenters. The lowest BCUT2D eigenvalue weighted by Gasteiger charge is -2.20. The number of ketones is 1. The Morgan fingerprint density at radius 1 is 1.36 bits per heavy atom. The van der Waals surface area contributed by atoms with E-state index in [1.54, 1.807) is 6.92 Å². The van der Waals surface area contributed by atoms with Crippen LogP contribution in [0.25, 0.3) is 0 Å². The highest BCUT2D eigenvalue weighted by Crippen LogP contribution is 2.33. The van der Waals surface area contributed by atoms with Crippen LogP contribution >= 0.6 is 15.9 Å². The van der Waals surface area contributed by atoms with Crippen LogP contribution in [0.15, 0.2) is 24.3 Å². The Kier molecular flexibility index (Phi) is 3.48. The van der Waals surface area contributed by atoms with Crippen LogP contribution in [-0.4, -0.2) is 5.78 Å². The zero-order chi connectivity index (χ0) is 10.8. The Morgan fingerprint density at radius 2 is 1.86 bits per heavy atom. The fourth-order valence-electron chi connectivity index (χ4n) is 1.26. The van der Waals surface area contributed by atoms with Crippen molar-refractivity contribution in [3.63, 3.8) is 0 Å². The van der Waals surface area contributed by atoms with Crippen molar-refractivity contribution in [1.82, 2.24) is 0 Å². The third-order valence-corrected chi connectivity index (χ3v) is 3.58. The molecule has 0 aliphatic heterocycles. The molecule has 14 heavy (non-hydrogen) atoms. The van der Waals surface area contributed by atoms with Crippen molar-refractivity contribution in [2.75, 3.05) is 0 Å². The maximum atomic E-state index is 11.1. The summed E-state index contributed by atoms with van der Waals surface area (Å²) in [4.78, 5) is 11.1. The molecule has 76 valence electrons. The molecule has 1 atom stereocenters. The Labute approximate surface area is 93.7 Å². The number of rotatable bonds is 3. The van der Waals surface area contributed by atoms with Crippen LogP contribution in [0.5, 0.6) is 0 Å². The lowest BCUT2D eigenvalue weighted by molar-refractivity contribution is 0.101. The zero-order valence-corrected chi connectivity index (χ0v) is 10.4. The van der Waals surface area contributed by atoms with Crippen molar-refractivity contribution in [2.45, 2.75) is 31.5 Å². The van der Waals surface area contributed by atoms with Gasteiger partial charge in [0.2, 0.25) is 0 Å². The number of Topliss-reactive ketones (excluding diaryl/α,β-unsaturated/α-hetero) is 1. The van der Waals surface area contributed by atoms with Gasteiger partial charge in [-0.25, -0.2) is 0 Å². The van der Waals surface area contributed by atoms with E-state index in [2.05, 4.69) is 29.8 Å². The Balaban J connectivity index is 2.99. The van der Waals surface area contributed by atoms with Crippen LogP contribution < -0.4 is 0 Å². The molecule has 0 aromatic heterocycles. The van der Waals surface area contributed by atoms with Gasteiger partial charge in [0.25, 0.3) is 0 Å². The van der Waals surface area contributed by atoms with Crippen LogP contribution in [0.3, 0.4) is 0 Å². The number of carbonyl (C=O) groups is 1. The van der Waals surface area contributed by atoms with Gasteiger partial charge in [-0.3, -0.25) is 4.79 Å². The lowest BCUT2D eigenvalue weighted by Crippen LogP contribution is -2.11. The SMILES string of the molecule is CCC(C)(Br)c1ccc(C(C)=O)cc1. The first-order chi connectivity index (χ1) is 6.47. The van der Waals surface area contributed by atoms with E-state index in [0.29, 0.717) is 0 Å². The largest absolute Gasteiger partial charge is 0.295 e. The maximum Gasteiger partial charge on any atom is 0.159 e. The second kappa shape index (κ2) is 4.26. The van der Waals surface area contributed by atoms with Crippen molar-refractivity contribution < 1.29 is 4.79 Å². The molecule has 0 aliphatic rings. The van der Waals surface area contributed by atoms with E-state index in [-0.39, 0.29) is 10.1 Å². The van der Waals surface area contributed by atoms with Crippen LogP contribution in [0.4, 0.5) is 0 Å². The third-order valence-electron chi connectivity index (χ3n) is 2.56. The van der Waals surface area contributed by atoms with Gasteiger partial charge < -0.3 is 0 Å². The maximum absolute atomic E-state index is 11.1. The minimum absolute atomic E-state index is 0.0162. The van der Waals surface area contributed by atoms with Gasteiger partial charge in [0, 0.05) is 9.89 Å². The summed E-state index contributed by atoms with van der Waals surface area (Å²) in [5.41, 5.74) is 1.98. The number of hydrogen-bond acceptors (Lipinski definition) is 1. The summed E-state index contributed by atoms with van der Waals surface area (Å²) < 4.78 is 0.0162. The molecule has 0 radical (unpaired) electrons. The minimum Gasteiger partial charge on any atom is -0.295 e. The first-order valence-electron chi connectivity index (χ1n) is 4.78. The van der Waals surface area contributed by atoms with E-state index in [4.69, 9.17) is 0 Å². The summed E-state index contributed by atoms with van der Waals surface area (Å²) in [5, 5.41) is 0. The van der Waals surface area contributed by atoms with Crippen molar-refractivity contribution in [1.29, 1.82) is 0 Å². The molecular weight excluding hydrogens is 240 g/mol. The molecule has 1 aromatic rings. The van der Waals surface area contributed by atoms with E-state index in [0.717, 1.165) is 12.0 Å². The van der Waals surface area contributed by atoms with Gasteiger partial charge in [0.1, 0.15) is 0 Å². The van der Waals surface area contributed by atoms with Gasteiger partial charge in [-0.05, 0) is 25.8 Å². The zero-order valence-electron chi connectivity index (χ0n) is 8.80. The highest BCUT2D eigenvalue weighted by molar-refractivity contribution is 9.09. The van der Waals surface area contributed by atoms with Crippen molar-refractivity contribution in [2.24, 2.45) is 0 Å². The molecule has 1 rings (SSSR count). The Bertz CT molecular complexity index is 325. The molecule has 0 aliphatic carbocycles. The number of carbonyl (C=O) groups excluding carboxylic acids is 1. The second-order valence-electron chi connectivity index (χ2n) is 3.68. The topological polar surface area (TPSA) is 17.1 Å². The van der Waals surface area contributed by atoms with Gasteiger partial charge in [0.15, 0.2) is 5.78 Å². The minimum atomic E-state index is 0.0162. The van der Waals surface area contributed by atoms with Crippen LogP contribution in [0.2, 0.25) is 0 Å². The molecule has 0 saturated carbocycles. The molecule has 0 saturated heterocycles. The van der Waals surface area contributed by atoms with Crippen molar-refractivity contribution in [3.8, 4) is 0 Å². The molecule has 0 heterocycles. The third kappa shape index (κ3) is 2.44.